The predicted molar refractivity (Wildman–Crippen MR) is 158 cm³/mol. The van der Waals surface area contributed by atoms with Gasteiger partial charge in [0.2, 0.25) is 0 Å². The third kappa shape index (κ3) is 4.96. The van der Waals surface area contributed by atoms with E-state index in [1.807, 2.05) is 12.1 Å². The van der Waals surface area contributed by atoms with E-state index in [0.29, 0.717) is 56.1 Å². The van der Waals surface area contributed by atoms with Crippen molar-refractivity contribution in [2.24, 2.45) is 11.4 Å². The number of carbonyl (C=O) groups excluding carboxylic acids is 1. The smallest absolute Gasteiger partial charge is 0.250 e. The topological polar surface area (TPSA) is 126 Å². The van der Waals surface area contributed by atoms with Crippen molar-refractivity contribution in [3.05, 3.63) is 72.2 Å². The summed E-state index contributed by atoms with van der Waals surface area (Å²) in [5.41, 5.74) is 10.4. The maximum atomic E-state index is 15.7. The summed E-state index contributed by atoms with van der Waals surface area (Å²) in [7, 11) is -0.527. The van der Waals surface area contributed by atoms with E-state index in [2.05, 4.69) is 27.3 Å². The molecule has 3 heterocycles. The molecule has 10 heteroatoms. The van der Waals surface area contributed by atoms with Crippen LogP contribution in [-0.4, -0.2) is 31.2 Å². The summed E-state index contributed by atoms with van der Waals surface area (Å²) in [6, 6.07) is 13.8. The lowest BCUT2D eigenvalue weighted by Crippen LogP contribution is -2.15. The van der Waals surface area contributed by atoms with E-state index in [4.69, 9.17) is 5.73 Å². The van der Waals surface area contributed by atoms with E-state index in [1.54, 1.807) is 42.8 Å². The number of halogens is 1. The summed E-state index contributed by atoms with van der Waals surface area (Å²) in [5, 5.41) is 13.0. The molecule has 0 spiro atoms. The number of nitrogen functional groups attached to an aromatic ring is 1. The number of nitrogens with zero attached hydrogens (tertiary/aromatic N) is 4. The number of aryl methyl sites for hydroxylation is 1. The number of nitriles is 1. The van der Waals surface area contributed by atoms with Gasteiger partial charge in [0.25, 0.3) is 5.91 Å². The third-order valence-corrected chi connectivity index (χ3v) is 9.48. The summed E-state index contributed by atoms with van der Waals surface area (Å²) in [6.45, 7) is 5.18. The first kappa shape index (κ1) is 27.1. The fourth-order valence-corrected chi connectivity index (χ4v) is 7.32. The van der Waals surface area contributed by atoms with Gasteiger partial charge in [0.15, 0.2) is 0 Å². The lowest BCUT2D eigenvalue weighted by atomic mass is 9.97. The molecule has 40 heavy (non-hydrogen) atoms. The van der Waals surface area contributed by atoms with Crippen LogP contribution in [0.4, 0.5) is 21.6 Å². The number of amides is 1. The van der Waals surface area contributed by atoms with Gasteiger partial charge in [-0.2, -0.15) is 9.62 Å². The number of benzene rings is 2. The second-order valence-electron chi connectivity index (χ2n) is 9.98. The van der Waals surface area contributed by atoms with Gasteiger partial charge in [-0.3, -0.25) is 4.79 Å². The summed E-state index contributed by atoms with van der Waals surface area (Å²) >= 11 is 0. The van der Waals surface area contributed by atoms with Gasteiger partial charge in [-0.05, 0) is 55.7 Å². The molecule has 1 amide bonds. The van der Waals surface area contributed by atoms with Gasteiger partial charge in [0.05, 0.1) is 37.6 Å². The fourth-order valence-electron chi connectivity index (χ4n) is 5.12. The molecule has 3 N–H and O–H groups in total. The number of hydrogen-bond donors (Lipinski definition) is 2. The molecular weight excluding hydrogens is 527 g/mol. The lowest BCUT2D eigenvalue weighted by molar-refractivity contribution is -0.112. The molecule has 1 aliphatic rings. The lowest BCUT2D eigenvalue weighted by Gasteiger charge is -2.15. The van der Waals surface area contributed by atoms with Crippen LogP contribution >= 0.6 is 0 Å². The molecule has 0 radical (unpaired) electrons. The highest BCUT2D eigenvalue weighted by molar-refractivity contribution is 7.93. The van der Waals surface area contributed by atoms with Crippen LogP contribution in [0.3, 0.4) is 0 Å². The summed E-state index contributed by atoms with van der Waals surface area (Å²) < 4.78 is 35.1. The molecule has 4 aromatic rings. The molecule has 204 valence electrons. The van der Waals surface area contributed by atoms with Gasteiger partial charge in [-0.15, -0.1) is 0 Å². The van der Waals surface area contributed by atoms with E-state index in [-0.39, 0.29) is 17.1 Å². The zero-order chi connectivity index (χ0) is 28.6. The number of pyridine rings is 1. The van der Waals surface area contributed by atoms with Crippen molar-refractivity contribution in [3.8, 4) is 28.5 Å². The van der Waals surface area contributed by atoms with E-state index in [0.717, 1.165) is 19.3 Å². The molecule has 5 rings (SSSR count). The van der Waals surface area contributed by atoms with Crippen molar-refractivity contribution in [2.75, 3.05) is 22.6 Å². The molecule has 0 saturated carbocycles. The molecule has 2 aromatic carbocycles. The summed E-state index contributed by atoms with van der Waals surface area (Å²) in [4.78, 5) is 16.3. The van der Waals surface area contributed by atoms with Crippen molar-refractivity contribution in [1.29, 1.82) is 5.26 Å². The van der Waals surface area contributed by atoms with Crippen LogP contribution in [-0.2, 0) is 21.6 Å². The minimum absolute atomic E-state index is 0.204. The van der Waals surface area contributed by atoms with Gasteiger partial charge in [-0.1, -0.05) is 25.1 Å². The molecule has 2 aromatic heterocycles. The highest BCUT2D eigenvalue weighted by Crippen LogP contribution is 2.44. The highest BCUT2D eigenvalue weighted by atomic mass is 32.2. The van der Waals surface area contributed by atoms with Crippen LogP contribution < -0.4 is 11.1 Å². The Labute approximate surface area is 232 Å². The fraction of sp³-hybridized carbons (Fsp3) is 0.233. The number of nitrogens with one attached hydrogen (secondary N) is 1. The van der Waals surface area contributed by atoms with Crippen molar-refractivity contribution in [3.63, 3.8) is 0 Å². The van der Waals surface area contributed by atoms with Crippen molar-refractivity contribution >= 4 is 43.7 Å². The van der Waals surface area contributed by atoms with Gasteiger partial charge in [0.1, 0.15) is 17.7 Å². The van der Waals surface area contributed by atoms with Crippen molar-refractivity contribution in [2.45, 2.75) is 26.2 Å². The second kappa shape index (κ2) is 10.6. The Kier molecular flexibility index (Phi) is 7.17. The number of fused-ring (bicyclic) bond motifs is 1. The molecule has 0 aliphatic carbocycles. The Morgan fingerprint density at radius 2 is 1.90 bits per heavy atom. The SMILES string of the molecule is C=C(C)C(=O)Nc1ccc(-c2c(-c3ccc(N=S4(=O)CCCCC4)cc3)c3c(N)ncc(C#N)c3n2C)c(F)c1. The normalized spacial score (nSPS) is 14.4. The number of nitrogens with two attached hydrogens (primary N) is 1. The molecule has 1 aliphatic heterocycles. The zero-order valence-electron chi connectivity index (χ0n) is 22.3. The van der Waals surface area contributed by atoms with E-state index in [1.165, 1.54) is 12.3 Å². The predicted octanol–water partition coefficient (Wildman–Crippen LogP) is 6.30. The van der Waals surface area contributed by atoms with E-state index >= 15 is 4.39 Å². The maximum Gasteiger partial charge on any atom is 0.250 e. The number of anilines is 2. The van der Waals surface area contributed by atoms with Crippen LogP contribution in [0.2, 0.25) is 0 Å². The zero-order valence-corrected chi connectivity index (χ0v) is 23.1. The number of rotatable bonds is 5. The number of hydrogen-bond acceptors (Lipinski definition) is 6. The number of aromatic nitrogens is 2. The van der Waals surface area contributed by atoms with Crippen LogP contribution in [0.1, 0.15) is 31.7 Å². The Hall–Kier alpha value is -4.49. The second-order valence-corrected chi connectivity index (χ2v) is 12.5. The Morgan fingerprint density at radius 3 is 2.52 bits per heavy atom. The molecule has 1 fully saturated rings. The number of carbonyl (C=O) groups is 1. The Morgan fingerprint density at radius 1 is 1.20 bits per heavy atom. The third-order valence-electron chi connectivity index (χ3n) is 7.08. The largest absolute Gasteiger partial charge is 0.383 e. The minimum Gasteiger partial charge on any atom is -0.383 e. The van der Waals surface area contributed by atoms with Crippen molar-refractivity contribution < 1.29 is 13.4 Å². The van der Waals surface area contributed by atoms with Gasteiger partial charge < -0.3 is 15.6 Å². The average Bonchev–Trinajstić information content (AvgIpc) is 3.23. The van der Waals surface area contributed by atoms with Crippen molar-refractivity contribution in [1.82, 2.24) is 9.55 Å². The Bertz CT molecular complexity index is 1830. The standard InChI is InChI=1S/C30H29FN6O2S/c1-18(2)30(38)35-22-11-12-23(24(31)15-22)28-25(26-27(37(28)3)20(16-32)17-34-29(26)33)19-7-9-21(10-8-19)36-40(39)13-5-4-6-14-40/h7-12,15,17H,1,4-6,13-14H2,2-3H3,(H2,33,34)(H,35,38). The average molecular weight is 557 g/mol. The van der Waals surface area contributed by atoms with E-state index in [9.17, 15) is 14.3 Å². The van der Waals surface area contributed by atoms with E-state index < -0.39 is 21.5 Å². The first-order chi connectivity index (χ1) is 19.1. The van der Waals surface area contributed by atoms with Gasteiger partial charge >= 0.3 is 0 Å². The van der Waals surface area contributed by atoms with Crippen LogP contribution in [0.5, 0.6) is 0 Å². The Balaban J connectivity index is 1.70. The van der Waals surface area contributed by atoms with Crippen LogP contribution in [0.25, 0.3) is 33.3 Å². The minimum atomic E-state index is -2.27. The summed E-state index contributed by atoms with van der Waals surface area (Å²) in [5.74, 6) is 0.427. The maximum absolute atomic E-state index is 15.7. The molecule has 8 nitrogen and oxygen atoms in total. The molecule has 1 saturated heterocycles. The molecule has 0 atom stereocenters. The highest BCUT2D eigenvalue weighted by Gasteiger charge is 2.25. The van der Waals surface area contributed by atoms with Gasteiger partial charge in [-0.25, -0.2) is 13.6 Å². The molecular formula is C30H29FN6O2S. The van der Waals surface area contributed by atoms with Crippen LogP contribution in [0.15, 0.2) is 65.2 Å². The first-order valence-electron chi connectivity index (χ1n) is 12.9. The monoisotopic (exact) mass is 556 g/mol. The summed E-state index contributed by atoms with van der Waals surface area (Å²) in [6.07, 6.45) is 4.30. The molecule has 0 unspecified atom stereocenters. The van der Waals surface area contributed by atoms with Crippen LogP contribution in [0, 0.1) is 17.1 Å². The quantitative estimate of drug-likeness (QED) is 0.279. The first-order valence-corrected chi connectivity index (χ1v) is 14.7. The molecule has 0 bridgehead atoms. The van der Waals surface area contributed by atoms with Gasteiger partial charge in [0, 0.05) is 47.1 Å².